The highest BCUT2D eigenvalue weighted by atomic mass is 16.5. The molecule has 0 radical (unpaired) electrons. The van der Waals surface area contributed by atoms with Crippen LogP contribution < -0.4 is 5.32 Å². The third-order valence-electron chi connectivity index (χ3n) is 5.87. The van der Waals surface area contributed by atoms with Crippen molar-refractivity contribution in [3.05, 3.63) is 78.0 Å². The number of morpholine rings is 1. The van der Waals surface area contributed by atoms with Crippen molar-refractivity contribution in [3.63, 3.8) is 0 Å². The first kappa shape index (κ1) is 22.2. The Labute approximate surface area is 190 Å². The van der Waals surface area contributed by atoms with Gasteiger partial charge in [-0.05, 0) is 26.3 Å². The summed E-state index contributed by atoms with van der Waals surface area (Å²) in [6, 6.07) is 20.3. The van der Waals surface area contributed by atoms with E-state index in [1.54, 1.807) is 0 Å². The summed E-state index contributed by atoms with van der Waals surface area (Å²) in [4.78, 5) is 15.6. The average Bonchev–Trinajstić information content (AvgIpc) is 3.21. The van der Waals surface area contributed by atoms with E-state index in [-0.39, 0.29) is 24.2 Å². The lowest BCUT2D eigenvalue weighted by atomic mass is 10.1. The molecule has 168 valence electrons. The largest absolute Gasteiger partial charge is 0.373 e. The first-order valence-corrected chi connectivity index (χ1v) is 11.3. The molecular formula is C26H32N4O2. The summed E-state index contributed by atoms with van der Waals surface area (Å²) in [5, 5.41) is 7.90. The van der Waals surface area contributed by atoms with Crippen LogP contribution in [0.4, 0.5) is 0 Å². The molecule has 1 N–H and O–H groups in total. The summed E-state index contributed by atoms with van der Waals surface area (Å²) >= 11 is 0. The van der Waals surface area contributed by atoms with Crippen LogP contribution in [0.15, 0.2) is 66.9 Å². The molecular weight excluding hydrogens is 400 g/mol. The van der Waals surface area contributed by atoms with Crippen LogP contribution in [-0.4, -0.2) is 58.5 Å². The second-order valence-electron chi connectivity index (χ2n) is 8.71. The Kier molecular flexibility index (Phi) is 7.02. The number of carbonyl (C=O) groups is 1. The molecule has 3 aromatic rings. The van der Waals surface area contributed by atoms with E-state index in [1.807, 2.05) is 59.4 Å². The third-order valence-corrected chi connectivity index (χ3v) is 5.87. The van der Waals surface area contributed by atoms with Gasteiger partial charge in [-0.1, -0.05) is 60.7 Å². The first-order chi connectivity index (χ1) is 15.5. The van der Waals surface area contributed by atoms with Gasteiger partial charge in [-0.2, -0.15) is 5.10 Å². The van der Waals surface area contributed by atoms with Gasteiger partial charge >= 0.3 is 0 Å². The summed E-state index contributed by atoms with van der Waals surface area (Å²) in [6.07, 6.45) is 2.27. The molecule has 4 rings (SSSR count). The van der Waals surface area contributed by atoms with E-state index in [0.717, 1.165) is 24.2 Å². The second kappa shape index (κ2) is 10.1. The molecule has 32 heavy (non-hydrogen) atoms. The van der Waals surface area contributed by atoms with Gasteiger partial charge in [0.1, 0.15) is 5.69 Å². The zero-order chi connectivity index (χ0) is 22.5. The van der Waals surface area contributed by atoms with E-state index in [0.29, 0.717) is 24.3 Å². The van der Waals surface area contributed by atoms with E-state index in [2.05, 4.69) is 43.1 Å². The molecule has 6 nitrogen and oxygen atoms in total. The Morgan fingerprint density at radius 1 is 1.06 bits per heavy atom. The number of rotatable bonds is 7. The van der Waals surface area contributed by atoms with Crippen LogP contribution in [0.25, 0.3) is 11.3 Å². The van der Waals surface area contributed by atoms with Gasteiger partial charge in [-0.3, -0.25) is 14.4 Å². The summed E-state index contributed by atoms with van der Waals surface area (Å²) in [6.45, 7) is 9.31. The Bertz CT molecular complexity index is 1010. The highest BCUT2D eigenvalue weighted by Crippen LogP contribution is 2.22. The van der Waals surface area contributed by atoms with Gasteiger partial charge in [0.25, 0.3) is 5.91 Å². The highest BCUT2D eigenvalue weighted by Gasteiger charge is 2.26. The second-order valence-corrected chi connectivity index (χ2v) is 8.71. The summed E-state index contributed by atoms with van der Waals surface area (Å²) in [5.41, 5.74) is 3.39. The molecule has 1 fully saturated rings. The standard InChI is InChI=1S/C26H32N4O2/c1-19(29-15-20(2)32-21(3)16-29)14-27-26(31)24-18-30(17-22-10-6-4-7-11-22)28-25(24)23-12-8-5-9-13-23/h4-13,18-21H,14-17H2,1-3H3,(H,27,31). The molecule has 1 aromatic heterocycles. The molecule has 1 amide bonds. The fourth-order valence-corrected chi connectivity index (χ4v) is 4.29. The molecule has 3 atom stereocenters. The molecule has 3 unspecified atom stereocenters. The Hall–Kier alpha value is -2.96. The third kappa shape index (κ3) is 5.44. The normalized spacial score (nSPS) is 20.1. The van der Waals surface area contributed by atoms with Crippen molar-refractivity contribution in [1.29, 1.82) is 0 Å². The molecule has 2 heterocycles. The van der Waals surface area contributed by atoms with Gasteiger partial charge in [0.15, 0.2) is 0 Å². The Balaban J connectivity index is 1.50. The van der Waals surface area contributed by atoms with Crippen LogP contribution in [0.3, 0.4) is 0 Å². The first-order valence-electron chi connectivity index (χ1n) is 11.3. The number of hydrogen-bond acceptors (Lipinski definition) is 4. The fourth-order valence-electron chi connectivity index (χ4n) is 4.29. The number of amides is 1. The van der Waals surface area contributed by atoms with E-state index in [1.165, 1.54) is 0 Å². The molecule has 0 saturated carbocycles. The molecule has 1 aliphatic heterocycles. The van der Waals surface area contributed by atoms with E-state index in [4.69, 9.17) is 9.84 Å². The molecule has 6 heteroatoms. The number of benzene rings is 2. The molecule has 1 aliphatic rings. The molecule has 2 aromatic carbocycles. The number of carbonyl (C=O) groups excluding carboxylic acids is 1. The number of hydrogen-bond donors (Lipinski definition) is 1. The van der Waals surface area contributed by atoms with Crippen molar-refractivity contribution >= 4 is 5.91 Å². The van der Waals surface area contributed by atoms with Crippen LogP contribution in [-0.2, 0) is 11.3 Å². The van der Waals surface area contributed by atoms with Crippen molar-refractivity contribution in [1.82, 2.24) is 20.0 Å². The summed E-state index contributed by atoms with van der Waals surface area (Å²) < 4.78 is 7.69. The van der Waals surface area contributed by atoms with Crippen LogP contribution in [0.5, 0.6) is 0 Å². The van der Waals surface area contributed by atoms with Crippen molar-refractivity contribution in [2.24, 2.45) is 0 Å². The predicted molar refractivity (Wildman–Crippen MR) is 127 cm³/mol. The minimum Gasteiger partial charge on any atom is -0.373 e. The van der Waals surface area contributed by atoms with Crippen LogP contribution >= 0.6 is 0 Å². The number of nitrogens with zero attached hydrogens (tertiary/aromatic N) is 3. The quantitative estimate of drug-likeness (QED) is 0.617. The minimum absolute atomic E-state index is 0.0932. The van der Waals surface area contributed by atoms with Crippen molar-refractivity contribution in [2.45, 2.75) is 45.6 Å². The lowest BCUT2D eigenvalue weighted by molar-refractivity contribution is -0.0778. The van der Waals surface area contributed by atoms with Crippen LogP contribution in [0.2, 0.25) is 0 Å². The lowest BCUT2D eigenvalue weighted by Crippen LogP contribution is -2.52. The van der Waals surface area contributed by atoms with E-state index < -0.39 is 0 Å². The maximum atomic E-state index is 13.2. The van der Waals surface area contributed by atoms with Crippen LogP contribution in [0.1, 0.15) is 36.7 Å². The highest BCUT2D eigenvalue weighted by molar-refractivity contribution is 5.99. The maximum Gasteiger partial charge on any atom is 0.255 e. The average molecular weight is 433 g/mol. The van der Waals surface area contributed by atoms with Crippen LogP contribution in [0, 0.1) is 0 Å². The van der Waals surface area contributed by atoms with E-state index in [9.17, 15) is 4.79 Å². The molecule has 1 saturated heterocycles. The lowest BCUT2D eigenvalue weighted by Gasteiger charge is -2.39. The van der Waals surface area contributed by atoms with Crippen molar-refractivity contribution in [3.8, 4) is 11.3 Å². The Morgan fingerprint density at radius 2 is 1.69 bits per heavy atom. The molecule has 0 spiro atoms. The Morgan fingerprint density at radius 3 is 2.34 bits per heavy atom. The number of aromatic nitrogens is 2. The fraction of sp³-hybridized carbons (Fsp3) is 0.385. The predicted octanol–water partition coefficient (Wildman–Crippen LogP) is 3.83. The zero-order valence-corrected chi connectivity index (χ0v) is 19.1. The SMILES string of the molecule is CC1CN(C(C)CNC(=O)c2cn(Cc3ccccc3)nc2-c2ccccc2)CC(C)O1. The summed E-state index contributed by atoms with van der Waals surface area (Å²) in [5.74, 6) is -0.0932. The van der Waals surface area contributed by atoms with Gasteiger partial charge in [0.05, 0.1) is 24.3 Å². The monoisotopic (exact) mass is 432 g/mol. The molecule has 0 bridgehead atoms. The van der Waals surface area contributed by atoms with Gasteiger partial charge in [-0.25, -0.2) is 0 Å². The number of nitrogens with one attached hydrogen (secondary N) is 1. The summed E-state index contributed by atoms with van der Waals surface area (Å²) in [7, 11) is 0. The van der Waals surface area contributed by atoms with Gasteiger partial charge < -0.3 is 10.1 Å². The minimum atomic E-state index is -0.0932. The molecule has 0 aliphatic carbocycles. The zero-order valence-electron chi connectivity index (χ0n) is 19.1. The van der Waals surface area contributed by atoms with Crippen molar-refractivity contribution < 1.29 is 9.53 Å². The van der Waals surface area contributed by atoms with Gasteiger partial charge in [-0.15, -0.1) is 0 Å². The van der Waals surface area contributed by atoms with Gasteiger partial charge in [0, 0.05) is 37.4 Å². The number of ether oxygens (including phenoxy) is 1. The maximum absolute atomic E-state index is 13.2. The van der Waals surface area contributed by atoms with E-state index >= 15 is 0 Å². The smallest absolute Gasteiger partial charge is 0.255 e. The van der Waals surface area contributed by atoms with Crippen molar-refractivity contribution in [2.75, 3.05) is 19.6 Å². The van der Waals surface area contributed by atoms with Gasteiger partial charge in [0.2, 0.25) is 0 Å². The topological polar surface area (TPSA) is 59.4 Å².